The average Bonchev–Trinajstić information content (AvgIpc) is 3.33. The fraction of sp³-hybridized carbons (Fsp3) is 0.353. The Morgan fingerprint density at radius 3 is 2.74 bits per heavy atom. The van der Waals surface area contributed by atoms with E-state index in [9.17, 15) is 8.42 Å². The number of sulfonamides is 1. The van der Waals surface area contributed by atoms with E-state index >= 15 is 0 Å². The van der Waals surface area contributed by atoms with Gasteiger partial charge in [-0.2, -0.15) is 9.40 Å². The first-order valence-electron chi connectivity index (χ1n) is 8.71. The molecule has 0 aliphatic carbocycles. The van der Waals surface area contributed by atoms with Gasteiger partial charge in [-0.1, -0.05) is 16.8 Å². The number of hydrogen-bond acceptors (Lipinski definition) is 5. The molecule has 10 heteroatoms. The van der Waals surface area contributed by atoms with Gasteiger partial charge in [0.05, 0.1) is 22.8 Å². The van der Waals surface area contributed by atoms with Gasteiger partial charge in [0, 0.05) is 40.9 Å². The second kappa shape index (κ2) is 6.15. The molecule has 2 aliphatic rings. The Kier molecular flexibility index (Phi) is 3.85. The number of hydrogen-bond donors (Lipinski definition) is 2. The van der Waals surface area contributed by atoms with Crippen LogP contribution in [0.2, 0.25) is 5.02 Å². The highest BCUT2D eigenvalue weighted by Crippen LogP contribution is 2.48. The van der Waals surface area contributed by atoms with Crippen LogP contribution in [0.15, 0.2) is 41.6 Å². The zero-order valence-electron chi connectivity index (χ0n) is 14.2. The summed E-state index contributed by atoms with van der Waals surface area (Å²) in [6.45, 7) is 0. The normalized spacial score (nSPS) is 25.3. The standard InChI is InChI=1S/C17H17ClN6O2S/c18-11-1-3-13(4-2-11)27(25,26)24-12-5-10(16-9-20-23-22-16)6-17(24)14-8-19-21-15(14)7-12/h1-4,8-10,12,17H,5-7H2,(H,19,21)(H,20,22,23). The Morgan fingerprint density at radius 2 is 2.00 bits per heavy atom. The number of aromatic amines is 2. The molecule has 2 aromatic heterocycles. The maximum atomic E-state index is 13.5. The maximum Gasteiger partial charge on any atom is 0.243 e. The molecule has 1 saturated heterocycles. The summed E-state index contributed by atoms with van der Waals surface area (Å²) >= 11 is 5.94. The van der Waals surface area contributed by atoms with Gasteiger partial charge in [-0.05, 0) is 37.1 Å². The van der Waals surface area contributed by atoms with Crippen LogP contribution in [-0.2, 0) is 16.4 Å². The minimum atomic E-state index is -3.66. The van der Waals surface area contributed by atoms with Crippen LogP contribution in [0.1, 0.15) is 41.8 Å². The van der Waals surface area contributed by atoms with E-state index in [0.29, 0.717) is 24.3 Å². The van der Waals surface area contributed by atoms with Crippen molar-refractivity contribution in [2.24, 2.45) is 0 Å². The third-order valence-electron chi connectivity index (χ3n) is 5.52. The molecule has 3 aromatic rings. The summed E-state index contributed by atoms with van der Waals surface area (Å²) in [6.07, 6.45) is 5.47. The van der Waals surface area contributed by atoms with Crippen molar-refractivity contribution in [3.63, 3.8) is 0 Å². The Labute approximate surface area is 161 Å². The molecule has 3 unspecified atom stereocenters. The summed E-state index contributed by atoms with van der Waals surface area (Å²) in [5.41, 5.74) is 2.84. The smallest absolute Gasteiger partial charge is 0.243 e. The molecular weight excluding hydrogens is 388 g/mol. The number of nitrogens with one attached hydrogen (secondary N) is 2. The molecule has 0 radical (unpaired) electrons. The van der Waals surface area contributed by atoms with Gasteiger partial charge in [-0.3, -0.25) is 10.2 Å². The molecule has 4 heterocycles. The summed E-state index contributed by atoms with van der Waals surface area (Å²) in [4.78, 5) is 0.258. The lowest BCUT2D eigenvalue weighted by Gasteiger charge is -2.46. The molecule has 3 atom stereocenters. The van der Waals surface area contributed by atoms with E-state index in [-0.39, 0.29) is 22.9 Å². The monoisotopic (exact) mass is 404 g/mol. The third-order valence-corrected chi connectivity index (χ3v) is 7.75. The van der Waals surface area contributed by atoms with E-state index in [4.69, 9.17) is 11.6 Å². The van der Waals surface area contributed by atoms with Gasteiger partial charge in [0.1, 0.15) is 0 Å². The number of benzene rings is 1. The third kappa shape index (κ3) is 2.69. The van der Waals surface area contributed by atoms with Crippen molar-refractivity contribution in [1.29, 1.82) is 0 Å². The van der Waals surface area contributed by atoms with Crippen LogP contribution < -0.4 is 0 Å². The minimum absolute atomic E-state index is 0.151. The maximum absolute atomic E-state index is 13.5. The largest absolute Gasteiger partial charge is 0.282 e. The van der Waals surface area contributed by atoms with Crippen molar-refractivity contribution in [3.05, 3.63) is 58.6 Å². The number of nitrogens with zero attached hydrogens (tertiary/aromatic N) is 4. The van der Waals surface area contributed by atoms with Gasteiger partial charge in [-0.25, -0.2) is 8.42 Å². The Balaban J connectivity index is 1.58. The molecular formula is C17H17ClN6O2S. The molecule has 2 aliphatic heterocycles. The summed E-state index contributed by atoms with van der Waals surface area (Å²) in [7, 11) is -3.66. The Bertz CT molecular complexity index is 1060. The van der Waals surface area contributed by atoms with Crippen LogP contribution in [0, 0.1) is 0 Å². The number of piperidine rings is 1. The van der Waals surface area contributed by atoms with Crippen molar-refractivity contribution in [1.82, 2.24) is 29.9 Å². The first kappa shape index (κ1) is 16.9. The van der Waals surface area contributed by atoms with Crippen LogP contribution >= 0.6 is 11.6 Å². The predicted octanol–water partition coefficient (Wildman–Crippen LogP) is 2.42. The van der Waals surface area contributed by atoms with E-state index < -0.39 is 10.0 Å². The van der Waals surface area contributed by atoms with Gasteiger partial charge < -0.3 is 0 Å². The van der Waals surface area contributed by atoms with Crippen LogP contribution in [0.5, 0.6) is 0 Å². The lowest BCUT2D eigenvalue weighted by Crippen LogP contribution is -2.51. The number of H-pyrrole nitrogens is 2. The van der Waals surface area contributed by atoms with E-state index in [1.165, 1.54) is 0 Å². The molecule has 8 nitrogen and oxygen atoms in total. The SMILES string of the molecule is O=S(=O)(c1ccc(Cl)cc1)N1C2Cc3[nH]ncc3C1CC(c1c[nH]nn1)C2. The highest BCUT2D eigenvalue weighted by atomic mass is 35.5. The van der Waals surface area contributed by atoms with Gasteiger partial charge in [0.2, 0.25) is 10.0 Å². The van der Waals surface area contributed by atoms with E-state index in [0.717, 1.165) is 17.0 Å². The zero-order chi connectivity index (χ0) is 18.6. The van der Waals surface area contributed by atoms with Crippen molar-refractivity contribution >= 4 is 21.6 Å². The fourth-order valence-electron chi connectivity index (χ4n) is 4.35. The summed E-state index contributed by atoms with van der Waals surface area (Å²) in [5.74, 6) is 0.151. The molecule has 2 N–H and O–H groups in total. The van der Waals surface area contributed by atoms with Crippen molar-refractivity contribution in [3.8, 4) is 0 Å². The average molecular weight is 405 g/mol. The molecule has 0 amide bonds. The van der Waals surface area contributed by atoms with Gasteiger partial charge in [-0.15, -0.1) is 5.10 Å². The van der Waals surface area contributed by atoms with E-state index in [1.54, 1.807) is 41.0 Å². The Hall–Kier alpha value is -2.23. The van der Waals surface area contributed by atoms with Gasteiger partial charge >= 0.3 is 0 Å². The first-order valence-corrected chi connectivity index (χ1v) is 10.5. The second-order valence-corrected chi connectivity index (χ2v) is 9.31. The van der Waals surface area contributed by atoms with Crippen molar-refractivity contribution in [2.75, 3.05) is 0 Å². The quantitative estimate of drug-likeness (QED) is 0.697. The van der Waals surface area contributed by atoms with Crippen molar-refractivity contribution in [2.45, 2.75) is 42.2 Å². The van der Waals surface area contributed by atoms with Gasteiger partial charge in [0.15, 0.2) is 0 Å². The van der Waals surface area contributed by atoms with Crippen LogP contribution in [0.3, 0.4) is 0 Å². The fourth-order valence-corrected chi connectivity index (χ4v) is 6.28. The van der Waals surface area contributed by atoms with Crippen LogP contribution in [-0.4, -0.2) is 44.4 Å². The summed E-state index contributed by atoms with van der Waals surface area (Å²) in [5, 5.41) is 18.4. The van der Waals surface area contributed by atoms with E-state index in [1.807, 2.05) is 0 Å². The minimum Gasteiger partial charge on any atom is -0.282 e. The van der Waals surface area contributed by atoms with Crippen molar-refractivity contribution < 1.29 is 8.42 Å². The molecule has 1 aromatic carbocycles. The summed E-state index contributed by atoms with van der Waals surface area (Å²) < 4.78 is 28.6. The summed E-state index contributed by atoms with van der Waals surface area (Å²) in [6, 6.07) is 5.89. The van der Waals surface area contributed by atoms with Crippen LogP contribution in [0.4, 0.5) is 0 Å². The predicted molar refractivity (Wildman–Crippen MR) is 97.7 cm³/mol. The molecule has 5 rings (SSSR count). The molecule has 1 fully saturated rings. The molecule has 0 spiro atoms. The Morgan fingerprint density at radius 1 is 1.19 bits per heavy atom. The zero-order valence-corrected chi connectivity index (χ0v) is 15.8. The lowest BCUT2D eigenvalue weighted by atomic mass is 9.78. The molecule has 2 bridgehead atoms. The van der Waals surface area contributed by atoms with Gasteiger partial charge in [0.25, 0.3) is 0 Å². The molecule has 0 saturated carbocycles. The lowest BCUT2D eigenvalue weighted by molar-refractivity contribution is 0.144. The van der Waals surface area contributed by atoms with E-state index in [2.05, 4.69) is 25.6 Å². The molecule has 27 heavy (non-hydrogen) atoms. The second-order valence-electron chi connectivity index (χ2n) is 7.03. The highest BCUT2D eigenvalue weighted by Gasteiger charge is 2.48. The number of halogens is 1. The first-order chi connectivity index (χ1) is 13.0. The van der Waals surface area contributed by atoms with Crippen LogP contribution in [0.25, 0.3) is 0 Å². The topological polar surface area (TPSA) is 108 Å². The highest BCUT2D eigenvalue weighted by molar-refractivity contribution is 7.89. The number of fused-ring (bicyclic) bond motifs is 4. The number of rotatable bonds is 3. The number of aromatic nitrogens is 5. The molecule has 140 valence electrons.